The molecular formula is C15H20N4O. The molecule has 5 nitrogen and oxygen atoms in total. The summed E-state index contributed by atoms with van der Waals surface area (Å²) in [6, 6.07) is 5.86. The molecule has 1 heterocycles. The standard InChI is InChI=1S/C15H20N4O/c1-4-15(20)18-14-7-5-6-13(11(14)2)17-9-12-8-16-10-19(12)3/h5-8,10,17H,4,9H2,1-3H3,(H,18,20). The molecular weight excluding hydrogens is 252 g/mol. The highest BCUT2D eigenvalue weighted by atomic mass is 16.1. The van der Waals surface area contributed by atoms with Crippen LogP contribution < -0.4 is 10.6 Å². The van der Waals surface area contributed by atoms with Gasteiger partial charge in [0.2, 0.25) is 5.91 Å². The number of carbonyl (C=O) groups is 1. The molecule has 0 spiro atoms. The van der Waals surface area contributed by atoms with Gasteiger partial charge in [-0.15, -0.1) is 0 Å². The Morgan fingerprint density at radius 2 is 2.10 bits per heavy atom. The zero-order valence-corrected chi connectivity index (χ0v) is 12.1. The number of amides is 1. The molecule has 0 aliphatic carbocycles. The molecule has 0 saturated heterocycles. The Labute approximate surface area is 119 Å². The van der Waals surface area contributed by atoms with Crippen LogP contribution in [0.25, 0.3) is 0 Å². The van der Waals surface area contributed by atoms with E-state index < -0.39 is 0 Å². The van der Waals surface area contributed by atoms with Crippen molar-refractivity contribution in [3.8, 4) is 0 Å². The molecule has 0 radical (unpaired) electrons. The lowest BCUT2D eigenvalue weighted by molar-refractivity contribution is -0.115. The Kier molecular flexibility index (Phi) is 4.40. The van der Waals surface area contributed by atoms with Crippen LogP contribution in [-0.2, 0) is 18.4 Å². The minimum absolute atomic E-state index is 0.0249. The molecule has 0 aliphatic rings. The molecule has 0 unspecified atom stereocenters. The van der Waals surface area contributed by atoms with Gasteiger partial charge in [0.15, 0.2) is 0 Å². The van der Waals surface area contributed by atoms with Gasteiger partial charge in [0, 0.05) is 31.0 Å². The SMILES string of the molecule is CCC(=O)Nc1cccc(NCc2cncn2C)c1C. The second-order valence-electron chi connectivity index (χ2n) is 4.73. The number of imidazole rings is 1. The van der Waals surface area contributed by atoms with Crippen molar-refractivity contribution in [1.82, 2.24) is 9.55 Å². The van der Waals surface area contributed by atoms with Crippen LogP contribution in [0.4, 0.5) is 11.4 Å². The fraction of sp³-hybridized carbons (Fsp3) is 0.333. The average Bonchev–Trinajstić information content (AvgIpc) is 2.85. The summed E-state index contributed by atoms with van der Waals surface area (Å²) >= 11 is 0. The monoisotopic (exact) mass is 272 g/mol. The largest absolute Gasteiger partial charge is 0.379 e. The maximum atomic E-state index is 11.5. The molecule has 2 aromatic rings. The number of anilines is 2. The molecule has 0 bridgehead atoms. The molecule has 0 atom stereocenters. The zero-order valence-electron chi connectivity index (χ0n) is 12.1. The Bertz CT molecular complexity index is 604. The smallest absolute Gasteiger partial charge is 0.224 e. The molecule has 106 valence electrons. The van der Waals surface area contributed by atoms with E-state index in [0.717, 1.165) is 22.6 Å². The molecule has 1 amide bonds. The molecule has 0 saturated carbocycles. The van der Waals surface area contributed by atoms with Crippen molar-refractivity contribution in [1.29, 1.82) is 0 Å². The molecule has 1 aromatic carbocycles. The van der Waals surface area contributed by atoms with Crippen molar-refractivity contribution in [3.05, 3.63) is 42.0 Å². The lowest BCUT2D eigenvalue weighted by Gasteiger charge is -2.14. The lowest BCUT2D eigenvalue weighted by Crippen LogP contribution is -2.12. The Morgan fingerprint density at radius 1 is 1.35 bits per heavy atom. The second kappa shape index (κ2) is 6.23. The highest BCUT2D eigenvalue weighted by molar-refractivity contribution is 5.92. The zero-order chi connectivity index (χ0) is 14.5. The normalized spacial score (nSPS) is 10.3. The number of carbonyl (C=O) groups excluding carboxylic acids is 1. The Hall–Kier alpha value is -2.30. The van der Waals surface area contributed by atoms with Gasteiger partial charge < -0.3 is 15.2 Å². The van der Waals surface area contributed by atoms with Crippen LogP contribution in [-0.4, -0.2) is 15.5 Å². The number of aryl methyl sites for hydroxylation is 1. The van der Waals surface area contributed by atoms with Crippen LogP contribution in [0.1, 0.15) is 24.6 Å². The molecule has 5 heteroatoms. The van der Waals surface area contributed by atoms with Crippen molar-refractivity contribution in [3.63, 3.8) is 0 Å². The van der Waals surface area contributed by atoms with E-state index in [0.29, 0.717) is 13.0 Å². The quantitative estimate of drug-likeness (QED) is 0.879. The first kappa shape index (κ1) is 14.1. The van der Waals surface area contributed by atoms with E-state index in [2.05, 4.69) is 15.6 Å². The summed E-state index contributed by atoms with van der Waals surface area (Å²) in [6.07, 6.45) is 4.10. The third kappa shape index (κ3) is 3.17. The highest BCUT2D eigenvalue weighted by Crippen LogP contribution is 2.23. The molecule has 0 fully saturated rings. The van der Waals surface area contributed by atoms with Gasteiger partial charge in [0.05, 0.1) is 18.6 Å². The number of nitrogens with zero attached hydrogens (tertiary/aromatic N) is 2. The second-order valence-corrected chi connectivity index (χ2v) is 4.73. The van der Waals surface area contributed by atoms with Crippen LogP contribution in [0.3, 0.4) is 0 Å². The van der Waals surface area contributed by atoms with Gasteiger partial charge in [-0.05, 0) is 24.6 Å². The van der Waals surface area contributed by atoms with Gasteiger partial charge in [-0.25, -0.2) is 4.98 Å². The van der Waals surface area contributed by atoms with Crippen LogP contribution in [0.2, 0.25) is 0 Å². The van der Waals surface area contributed by atoms with E-state index >= 15 is 0 Å². The van der Waals surface area contributed by atoms with Crippen molar-refractivity contribution >= 4 is 17.3 Å². The van der Waals surface area contributed by atoms with Crippen LogP contribution in [0.5, 0.6) is 0 Å². The van der Waals surface area contributed by atoms with Crippen LogP contribution in [0.15, 0.2) is 30.7 Å². The summed E-state index contributed by atoms with van der Waals surface area (Å²) in [6.45, 7) is 4.54. The number of hydrogen-bond donors (Lipinski definition) is 2. The van der Waals surface area contributed by atoms with Crippen molar-refractivity contribution in [2.45, 2.75) is 26.8 Å². The molecule has 0 aliphatic heterocycles. The molecule has 2 rings (SSSR count). The van der Waals surface area contributed by atoms with Gasteiger partial charge in [0.1, 0.15) is 0 Å². The minimum atomic E-state index is 0.0249. The van der Waals surface area contributed by atoms with Gasteiger partial charge in [-0.2, -0.15) is 0 Å². The van der Waals surface area contributed by atoms with Crippen LogP contribution >= 0.6 is 0 Å². The number of aromatic nitrogens is 2. The van der Waals surface area contributed by atoms with E-state index in [1.54, 1.807) is 6.33 Å². The molecule has 20 heavy (non-hydrogen) atoms. The van der Waals surface area contributed by atoms with E-state index in [9.17, 15) is 4.79 Å². The van der Waals surface area contributed by atoms with Gasteiger partial charge >= 0.3 is 0 Å². The third-order valence-electron chi connectivity index (χ3n) is 3.31. The minimum Gasteiger partial charge on any atom is -0.379 e. The Balaban J connectivity index is 2.10. The van der Waals surface area contributed by atoms with Crippen molar-refractivity contribution < 1.29 is 4.79 Å². The summed E-state index contributed by atoms with van der Waals surface area (Å²) in [5.74, 6) is 0.0249. The molecule has 2 N–H and O–H groups in total. The van der Waals surface area contributed by atoms with Crippen molar-refractivity contribution in [2.24, 2.45) is 7.05 Å². The van der Waals surface area contributed by atoms with E-state index in [1.807, 2.05) is 49.9 Å². The third-order valence-corrected chi connectivity index (χ3v) is 3.31. The van der Waals surface area contributed by atoms with Gasteiger partial charge in [-0.3, -0.25) is 4.79 Å². The van der Waals surface area contributed by atoms with Crippen LogP contribution in [0, 0.1) is 6.92 Å². The lowest BCUT2D eigenvalue weighted by atomic mass is 10.1. The van der Waals surface area contributed by atoms with Gasteiger partial charge in [-0.1, -0.05) is 13.0 Å². The topological polar surface area (TPSA) is 59.0 Å². The summed E-state index contributed by atoms with van der Waals surface area (Å²) in [7, 11) is 1.97. The summed E-state index contributed by atoms with van der Waals surface area (Å²) in [4.78, 5) is 15.6. The Morgan fingerprint density at radius 3 is 2.75 bits per heavy atom. The first-order chi connectivity index (χ1) is 9.61. The van der Waals surface area contributed by atoms with Gasteiger partial charge in [0.25, 0.3) is 0 Å². The number of rotatable bonds is 5. The summed E-state index contributed by atoms with van der Waals surface area (Å²) in [5, 5.41) is 6.28. The predicted octanol–water partition coefficient (Wildman–Crippen LogP) is 2.69. The molecule has 1 aromatic heterocycles. The van der Waals surface area contributed by atoms with E-state index in [-0.39, 0.29) is 5.91 Å². The highest BCUT2D eigenvalue weighted by Gasteiger charge is 2.07. The maximum Gasteiger partial charge on any atom is 0.224 e. The number of hydrogen-bond acceptors (Lipinski definition) is 3. The maximum absolute atomic E-state index is 11.5. The van der Waals surface area contributed by atoms with E-state index in [4.69, 9.17) is 0 Å². The summed E-state index contributed by atoms with van der Waals surface area (Å²) in [5.41, 5.74) is 4.01. The first-order valence-corrected chi connectivity index (χ1v) is 6.70. The van der Waals surface area contributed by atoms with E-state index in [1.165, 1.54) is 0 Å². The fourth-order valence-corrected chi connectivity index (χ4v) is 1.94. The predicted molar refractivity (Wildman–Crippen MR) is 80.6 cm³/mol. The number of nitrogens with one attached hydrogen (secondary N) is 2. The summed E-state index contributed by atoms with van der Waals surface area (Å²) < 4.78 is 1.98. The first-order valence-electron chi connectivity index (χ1n) is 6.70. The fourth-order valence-electron chi connectivity index (χ4n) is 1.94. The number of benzene rings is 1. The van der Waals surface area contributed by atoms with Crippen molar-refractivity contribution in [2.75, 3.05) is 10.6 Å². The average molecular weight is 272 g/mol.